The highest BCUT2D eigenvalue weighted by Crippen LogP contribution is 2.11. The van der Waals surface area contributed by atoms with E-state index in [0.717, 1.165) is 13.1 Å². The van der Waals surface area contributed by atoms with Crippen LogP contribution in [0.3, 0.4) is 0 Å². The molecule has 0 heterocycles. The summed E-state index contributed by atoms with van der Waals surface area (Å²) in [5.74, 6) is 0. The first-order chi connectivity index (χ1) is 4.79. The zero-order valence-electron chi connectivity index (χ0n) is 7.41. The van der Waals surface area contributed by atoms with Gasteiger partial charge >= 0.3 is 0 Å². The number of allylic oxidation sites excluding steroid dienone is 1. The number of hydrogen-bond donors (Lipinski definition) is 0. The fourth-order valence-electron chi connectivity index (χ4n) is 1.34. The van der Waals surface area contributed by atoms with Crippen molar-refractivity contribution in [3.8, 4) is 0 Å². The molecule has 0 N–H and O–H groups in total. The Morgan fingerprint density at radius 2 is 1.80 bits per heavy atom. The van der Waals surface area contributed by atoms with E-state index in [0.29, 0.717) is 0 Å². The third kappa shape index (κ3) is 2.45. The molecule has 0 atom stereocenters. The summed E-state index contributed by atoms with van der Waals surface area (Å²) in [5, 5.41) is 0. The summed E-state index contributed by atoms with van der Waals surface area (Å²) in [4.78, 5) is 0. The Labute approximate surface area is 65.1 Å². The van der Waals surface area contributed by atoms with Crippen molar-refractivity contribution in [1.82, 2.24) is 0 Å². The van der Waals surface area contributed by atoms with Gasteiger partial charge in [0.05, 0.1) is 0 Å². The fraction of sp³-hybridized carbons (Fsp3) is 0.667. The predicted octanol–water partition coefficient (Wildman–Crippen LogP) is 3.18. The minimum atomic E-state index is 0.725. The Hall–Kier alpha value is -0.415. The van der Waals surface area contributed by atoms with Crippen LogP contribution in [0.15, 0.2) is 17.8 Å². The van der Waals surface area contributed by atoms with E-state index in [1.807, 2.05) is 0 Å². The lowest BCUT2D eigenvalue weighted by Gasteiger charge is -2.08. The van der Waals surface area contributed by atoms with Crippen LogP contribution in [0.4, 0.5) is 0 Å². The van der Waals surface area contributed by atoms with Gasteiger partial charge in [-0.25, -0.2) is 0 Å². The van der Waals surface area contributed by atoms with Crippen LogP contribution in [0, 0.1) is 0 Å². The van der Waals surface area contributed by atoms with Crippen LogP contribution in [0.25, 0.3) is 0 Å². The van der Waals surface area contributed by atoms with Gasteiger partial charge in [-0.2, -0.15) is 0 Å². The highest BCUT2D eigenvalue weighted by Gasteiger charge is 2.11. The number of rotatable bonds is 4. The molecule has 0 nitrogen and oxygen atoms in total. The van der Waals surface area contributed by atoms with Gasteiger partial charge in [0, 0.05) is 0 Å². The van der Waals surface area contributed by atoms with Crippen molar-refractivity contribution in [3.63, 3.8) is 0 Å². The molecule has 0 aromatic carbocycles. The van der Waals surface area contributed by atoms with E-state index >= 15 is 0 Å². The van der Waals surface area contributed by atoms with Crippen LogP contribution in [0.2, 0.25) is 12.6 Å². The molecule has 0 unspecified atom stereocenters. The normalized spacial score (nSPS) is 8.70. The van der Waals surface area contributed by atoms with Crippen molar-refractivity contribution < 1.29 is 0 Å². The molecule has 0 bridgehead atoms. The van der Waals surface area contributed by atoms with Gasteiger partial charge in [-0.15, -0.1) is 5.73 Å². The molecule has 0 aliphatic carbocycles. The van der Waals surface area contributed by atoms with Crippen LogP contribution in [-0.2, 0) is 0 Å². The van der Waals surface area contributed by atoms with Crippen LogP contribution in [-0.4, -0.2) is 6.71 Å². The third-order valence-corrected chi connectivity index (χ3v) is 2.09. The smallest absolute Gasteiger partial charge is 0.139 e. The molecule has 0 fully saturated rings. The highest BCUT2D eigenvalue weighted by molar-refractivity contribution is 6.66. The lowest BCUT2D eigenvalue weighted by atomic mass is 9.40. The summed E-state index contributed by atoms with van der Waals surface area (Å²) < 4.78 is 0. The molecule has 0 aliphatic heterocycles. The van der Waals surface area contributed by atoms with Crippen molar-refractivity contribution in [2.75, 3.05) is 0 Å². The van der Waals surface area contributed by atoms with Gasteiger partial charge in [0.15, 0.2) is 6.71 Å². The van der Waals surface area contributed by atoms with Crippen LogP contribution in [0.1, 0.15) is 27.2 Å². The quantitative estimate of drug-likeness (QED) is 0.411. The van der Waals surface area contributed by atoms with E-state index in [1.54, 1.807) is 0 Å². The topological polar surface area (TPSA) is 0 Å². The van der Waals surface area contributed by atoms with Crippen LogP contribution in [0.5, 0.6) is 0 Å². The van der Waals surface area contributed by atoms with Gasteiger partial charge in [-0.3, -0.25) is 0 Å². The maximum absolute atomic E-state index is 3.69. The summed E-state index contributed by atoms with van der Waals surface area (Å²) in [7, 11) is 0. The molecule has 0 amide bonds. The van der Waals surface area contributed by atoms with Crippen molar-refractivity contribution in [2.45, 2.75) is 39.8 Å². The molecule has 0 aromatic rings. The van der Waals surface area contributed by atoms with E-state index in [-0.39, 0.29) is 0 Å². The second kappa shape index (κ2) is 5.38. The predicted molar refractivity (Wildman–Crippen MR) is 49.7 cm³/mol. The molecule has 1 heteroatoms. The van der Waals surface area contributed by atoms with Gasteiger partial charge < -0.3 is 0 Å². The highest BCUT2D eigenvalue weighted by atomic mass is 13.8. The lowest BCUT2D eigenvalue weighted by Crippen LogP contribution is -2.12. The minimum absolute atomic E-state index is 0.725. The van der Waals surface area contributed by atoms with Crippen molar-refractivity contribution in [3.05, 3.63) is 17.8 Å². The maximum Gasteiger partial charge on any atom is 0.180 e. The zero-order chi connectivity index (χ0) is 7.98. The second-order valence-corrected chi connectivity index (χ2v) is 2.57. The second-order valence-electron chi connectivity index (χ2n) is 2.57. The molecule has 0 spiro atoms. The lowest BCUT2D eigenvalue weighted by molar-refractivity contribution is 1.16. The molecule has 56 valence electrons. The number of hydrogen-bond acceptors (Lipinski definition) is 0. The van der Waals surface area contributed by atoms with E-state index < -0.39 is 0 Å². The minimum Gasteiger partial charge on any atom is -0.139 e. The Kier molecular flexibility index (Phi) is 5.15. The van der Waals surface area contributed by atoms with E-state index in [1.165, 1.54) is 18.1 Å². The Bertz CT molecular complexity index is 128. The third-order valence-electron chi connectivity index (χ3n) is 2.09. The zero-order valence-corrected chi connectivity index (χ0v) is 7.41. The molecule has 0 aliphatic rings. The average molecular weight is 136 g/mol. The van der Waals surface area contributed by atoms with Gasteiger partial charge in [0.1, 0.15) is 0 Å². The summed E-state index contributed by atoms with van der Waals surface area (Å²) in [6.07, 6.45) is 3.56. The molecule has 0 radical (unpaired) electrons. The average Bonchev–Trinajstić information content (AvgIpc) is 2.00. The molecule has 0 saturated heterocycles. The van der Waals surface area contributed by atoms with E-state index in [4.69, 9.17) is 0 Å². The molecule has 0 saturated carbocycles. The van der Waals surface area contributed by atoms with Gasteiger partial charge in [0.25, 0.3) is 0 Å². The van der Waals surface area contributed by atoms with Gasteiger partial charge in [0.2, 0.25) is 0 Å². The van der Waals surface area contributed by atoms with E-state index in [9.17, 15) is 0 Å². The van der Waals surface area contributed by atoms with Crippen LogP contribution >= 0.6 is 0 Å². The molecule has 0 aromatic heterocycles. The molecule has 0 rings (SSSR count). The first-order valence-electron chi connectivity index (χ1n) is 4.18. The summed E-state index contributed by atoms with van der Waals surface area (Å²) in [6.45, 7) is 11.0. The fourth-order valence-corrected chi connectivity index (χ4v) is 1.34. The Morgan fingerprint density at radius 1 is 1.30 bits per heavy atom. The first-order valence-corrected chi connectivity index (χ1v) is 4.18. The summed E-state index contributed by atoms with van der Waals surface area (Å²) in [6, 6.07) is 0. The van der Waals surface area contributed by atoms with Crippen molar-refractivity contribution >= 4 is 6.71 Å². The Balaban J connectivity index is 4.10. The van der Waals surface area contributed by atoms with E-state index in [2.05, 4.69) is 33.1 Å². The summed E-state index contributed by atoms with van der Waals surface area (Å²) in [5.41, 5.74) is 4.41. The van der Waals surface area contributed by atoms with Gasteiger partial charge in [-0.05, 0) is 6.42 Å². The monoisotopic (exact) mass is 136 g/mol. The largest absolute Gasteiger partial charge is 0.180 e. The molecular formula is C9H17B. The maximum atomic E-state index is 3.69. The first kappa shape index (κ1) is 9.58. The molecular weight excluding hydrogens is 119 g/mol. The standard InChI is InChI=1S/C9H17B/c1-5-9(6-2)10(7-3)8-4/h1,6-8H2,2-4H3. The van der Waals surface area contributed by atoms with Crippen molar-refractivity contribution in [1.29, 1.82) is 0 Å². The molecule has 10 heavy (non-hydrogen) atoms. The SMILES string of the molecule is C=C=C(CC)B(CC)CC. The summed E-state index contributed by atoms with van der Waals surface area (Å²) >= 11 is 0. The van der Waals surface area contributed by atoms with Crippen LogP contribution < -0.4 is 0 Å². The Morgan fingerprint density at radius 3 is 1.90 bits per heavy atom. The van der Waals surface area contributed by atoms with Gasteiger partial charge in [-0.1, -0.05) is 45.5 Å². The van der Waals surface area contributed by atoms with Crippen molar-refractivity contribution in [2.24, 2.45) is 0 Å².